The molecule has 0 saturated heterocycles. The van der Waals surface area contributed by atoms with E-state index in [1.54, 1.807) is 7.11 Å². The van der Waals surface area contributed by atoms with Gasteiger partial charge in [0.25, 0.3) is 0 Å². The van der Waals surface area contributed by atoms with E-state index in [9.17, 15) is 0 Å². The Kier molecular flexibility index (Phi) is 3.94. The SMILES string of the molecule is COc1ccc(P2(=S)Oc3cccc4c(Br)c5ccccc5c(c34)O2)cc1. The fourth-order valence-electron chi connectivity index (χ4n) is 3.41. The molecule has 0 aliphatic carbocycles. The van der Waals surface area contributed by atoms with Gasteiger partial charge < -0.3 is 13.8 Å². The van der Waals surface area contributed by atoms with Crippen molar-refractivity contribution in [2.24, 2.45) is 0 Å². The minimum atomic E-state index is -2.75. The van der Waals surface area contributed by atoms with E-state index in [0.29, 0.717) is 0 Å². The van der Waals surface area contributed by atoms with Crippen LogP contribution in [0.4, 0.5) is 0 Å². The Bertz CT molecular complexity index is 1250. The number of rotatable bonds is 2. The molecule has 1 atom stereocenters. The molecule has 0 radical (unpaired) electrons. The van der Waals surface area contributed by atoms with Gasteiger partial charge in [0.1, 0.15) is 17.2 Å². The maximum absolute atomic E-state index is 6.46. The van der Waals surface area contributed by atoms with E-state index in [1.807, 2.05) is 48.5 Å². The van der Waals surface area contributed by atoms with Crippen LogP contribution < -0.4 is 19.1 Å². The summed E-state index contributed by atoms with van der Waals surface area (Å²) in [6, 6.07) is 21.8. The van der Waals surface area contributed by atoms with Gasteiger partial charge in [0.05, 0.1) is 17.8 Å². The van der Waals surface area contributed by atoms with Crippen LogP contribution in [-0.2, 0) is 11.8 Å². The van der Waals surface area contributed by atoms with E-state index in [2.05, 4.69) is 34.1 Å². The van der Waals surface area contributed by atoms with Crippen LogP contribution in [0.5, 0.6) is 17.2 Å². The highest BCUT2D eigenvalue weighted by atomic mass is 79.9. The van der Waals surface area contributed by atoms with Crippen molar-refractivity contribution < 1.29 is 13.8 Å². The van der Waals surface area contributed by atoms with E-state index in [0.717, 1.165) is 48.6 Å². The van der Waals surface area contributed by atoms with Gasteiger partial charge in [0.2, 0.25) is 0 Å². The summed E-state index contributed by atoms with van der Waals surface area (Å²) in [5.41, 5.74) is 0. The zero-order valence-corrected chi connectivity index (χ0v) is 17.6. The molecule has 1 heterocycles. The van der Waals surface area contributed by atoms with Crippen molar-refractivity contribution >= 4 is 61.1 Å². The number of ether oxygens (including phenoxy) is 1. The normalized spacial score (nSPS) is 18.1. The highest BCUT2D eigenvalue weighted by molar-refractivity contribution is 9.10. The van der Waals surface area contributed by atoms with Gasteiger partial charge in [-0.1, -0.05) is 36.4 Å². The quantitative estimate of drug-likeness (QED) is 0.266. The molecule has 4 aromatic carbocycles. The van der Waals surface area contributed by atoms with Crippen LogP contribution in [0.3, 0.4) is 0 Å². The van der Waals surface area contributed by atoms with Crippen LogP contribution in [0.2, 0.25) is 0 Å². The lowest BCUT2D eigenvalue weighted by molar-refractivity contribution is 0.415. The predicted molar refractivity (Wildman–Crippen MR) is 117 cm³/mol. The Morgan fingerprint density at radius 2 is 1.56 bits per heavy atom. The lowest BCUT2D eigenvalue weighted by Crippen LogP contribution is -2.17. The smallest absolute Gasteiger partial charge is 0.319 e. The van der Waals surface area contributed by atoms with E-state index in [-0.39, 0.29) is 0 Å². The number of fused-ring (bicyclic) bond motifs is 2. The van der Waals surface area contributed by atoms with Crippen LogP contribution in [0.1, 0.15) is 0 Å². The number of halogens is 1. The Morgan fingerprint density at radius 3 is 2.30 bits per heavy atom. The van der Waals surface area contributed by atoms with Crippen molar-refractivity contribution in [2.45, 2.75) is 0 Å². The van der Waals surface area contributed by atoms with Crippen molar-refractivity contribution in [3.05, 3.63) is 71.2 Å². The standard InChI is InChI=1S/C21H14BrO3PS/c1-23-13-9-11-14(12-10-13)26(27)24-18-8-4-7-17-19(18)21(25-26)16-6-3-2-5-15(16)20(17)22/h2-12H,1H3. The molecule has 0 saturated carbocycles. The van der Waals surface area contributed by atoms with E-state index < -0.39 is 6.49 Å². The number of hydrogen-bond donors (Lipinski definition) is 0. The van der Waals surface area contributed by atoms with Crippen molar-refractivity contribution in [3.63, 3.8) is 0 Å². The maximum atomic E-state index is 6.46. The van der Waals surface area contributed by atoms with Gasteiger partial charge in [-0.25, -0.2) is 0 Å². The summed E-state index contributed by atoms with van der Waals surface area (Å²) in [7, 11) is 1.64. The van der Waals surface area contributed by atoms with Crippen LogP contribution >= 0.6 is 22.4 Å². The summed E-state index contributed by atoms with van der Waals surface area (Å²) >= 11 is 9.68. The van der Waals surface area contributed by atoms with Gasteiger partial charge in [-0.3, -0.25) is 0 Å². The molecule has 0 aromatic heterocycles. The lowest BCUT2D eigenvalue weighted by atomic mass is 10.0. The molecule has 0 fully saturated rings. The molecule has 1 aliphatic heterocycles. The first kappa shape index (κ1) is 17.1. The largest absolute Gasteiger partial charge is 0.497 e. The number of hydrogen-bond acceptors (Lipinski definition) is 4. The molecule has 3 nitrogen and oxygen atoms in total. The predicted octanol–water partition coefficient (Wildman–Crippen LogP) is 6.17. The van der Waals surface area contributed by atoms with Crippen LogP contribution in [0.15, 0.2) is 71.2 Å². The van der Waals surface area contributed by atoms with Gasteiger partial charge >= 0.3 is 6.49 Å². The average Bonchev–Trinajstić information content (AvgIpc) is 2.71. The molecule has 6 heteroatoms. The zero-order chi connectivity index (χ0) is 18.6. The van der Waals surface area contributed by atoms with Crippen molar-refractivity contribution in [3.8, 4) is 17.2 Å². The zero-order valence-electron chi connectivity index (χ0n) is 14.3. The highest BCUT2D eigenvalue weighted by Gasteiger charge is 2.33. The van der Waals surface area contributed by atoms with Gasteiger partial charge in [0, 0.05) is 20.6 Å². The summed E-state index contributed by atoms with van der Waals surface area (Å²) in [6.45, 7) is -2.75. The second-order valence-corrected chi connectivity index (χ2v) is 10.4. The molecule has 1 unspecified atom stereocenters. The molecule has 0 bridgehead atoms. The average molecular weight is 457 g/mol. The molecule has 0 amide bonds. The Labute approximate surface area is 170 Å². The summed E-state index contributed by atoms with van der Waals surface area (Å²) < 4.78 is 19.0. The Morgan fingerprint density at radius 1 is 0.852 bits per heavy atom. The number of benzene rings is 4. The molecule has 134 valence electrons. The molecule has 0 N–H and O–H groups in total. The first-order valence-corrected chi connectivity index (χ1v) is 11.8. The summed E-state index contributed by atoms with van der Waals surface area (Å²) in [4.78, 5) is 0. The first-order chi connectivity index (χ1) is 13.1. The van der Waals surface area contributed by atoms with Gasteiger partial charge in [0.15, 0.2) is 0 Å². The molecule has 1 aliphatic rings. The van der Waals surface area contributed by atoms with Gasteiger partial charge in [-0.15, -0.1) is 0 Å². The van der Waals surface area contributed by atoms with E-state index in [4.69, 9.17) is 25.6 Å². The minimum absolute atomic E-state index is 0.763. The third-order valence-electron chi connectivity index (χ3n) is 4.72. The lowest BCUT2D eigenvalue weighted by Gasteiger charge is -2.31. The van der Waals surface area contributed by atoms with Crippen molar-refractivity contribution in [1.82, 2.24) is 0 Å². The van der Waals surface area contributed by atoms with Crippen molar-refractivity contribution in [2.75, 3.05) is 7.11 Å². The Hall–Kier alpha value is -2.07. The van der Waals surface area contributed by atoms with E-state index >= 15 is 0 Å². The summed E-state index contributed by atoms with van der Waals surface area (Å²) in [5, 5.41) is 4.98. The third-order valence-corrected chi connectivity index (χ3v) is 8.44. The topological polar surface area (TPSA) is 27.7 Å². The molecule has 4 aromatic rings. The molecule has 5 rings (SSSR count). The second-order valence-electron chi connectivity index (χ2n) is 6.25. The molecule has 27 heavy (non-hydrogen) atoms. The summed E-state index contributed by atoms with van der Waals surface area (Å²) in [5.74, 6) is 2.33. The minimum Gasteiger partial charge on any atom is -0.497 e. The molecular weight excluding hydrogens is 443 g/mol. The third kappa shape index (κ3) is 2.57. The second kappa shape index (κ2) is 6.23. The highest BCUT2D eigenvalue weighted by Crippen LogP contribution is 2.59. The van der Waals surface area contributed by atoms with E-state index in [1.165, 1.54) is 0 Å². The summed E-state index contributed by atoms with van der Waals surface area (Å²) in [6.07, 6.45) is 0. The monoisotopic (exact) mass is 456 g/mol. The van der Waals surface area contributed by atoms with Crippen LogP contribution in [0.25, 0.3) is 21.5 Å². The fourth-order valence-corrected chi connectivity index (χ4v) is 6.52. The molecule has 0 spiro atoms. The van der Waals surface area contributed by atoms with Crippen LogP contribution in [-0.4, -0.2) is 7.11 Å². The van der Waals surface area contributed by atoms with Crippen LogP contribution in [0, 0.1) is 0 Å². The van der Waals surface area contributed by atoms with Gasteiger partial charge in [-0.2, -0.15) is 0 Å². The maximum Gasteiger partial charge on any atom is 0.319 e. The number of methoxy groups -OCH3 is 1. The Balaban J connectivity index is 1.79. The van der Waals surface area contributed by atoms with Crippen molar-refractivity contribution in [1.29, 1.82) is 0 Å². The van der Waals surface area contributed by atoms with Gasteiger partial charge in [-0.05, 0) is 58.1 Å². The first-order valence-electron chi connectivity index (χ1n) is 8.37. The molecular formula is C21H14BrO3PS. The fraction of sp³-hybridized carbons (Fsp3) is 0.0476.